The quantitative estimate of drug-likeness (QED) is 0.555. The summed E-state index contributed by atoms with van der Waals surface area (Å²) in [5, 5.41) is 11.3. The Bertz CT molecular complexity index is 1260. The van der Waals surface area contributed by atoms with Gasteiger partial charge in [-0.1, -0.05) is 60.7 Å². The van der Waals surface area contributed by atoms with E-state index in [0.29, 0.717) is 49.9 Å². The number of aliphatic hydroxyl groups is 1. The fourth-order valence-corrected chi connectivity index (χ4v) is 4.67. The Balaban J connectivity index is 1.47. The van der Waals surface area contributed by atoms with Gasteiger partial charge >= 0.3 is 0 Å². The molecule has 1 aliphatic rings. The smallest absolute Gasteiger partial charge is 0.255 e. The van der Waals surface area contributed by atoms with Crippen LogP contribution in [0.4, 0.5) is 0 Å². The zero-order chi connectivity index (χ0) is 25.7. The first-order chi connectivity index (χ1) is 17.3. The van der Waals surface area contributed by atoms with Crippen molar-refractivity contribution in [3.05, 3.63) is 94.4 Å². The topological polar surface area (TPSA) is 82.8 Å². The molecular weight excluding hydrogens is 454 g/mol. The van der Waals surface area contributed by atoms with Gasteiger partial charge < -0.3 is 19.5 Å². The molecule has 0 atom stereocenters. The molecule has 1 fully saturated rings. The number of aryl methyl sites for hydroxylation is 1. The highest BCUT2D eigenvalue weighted by Gasteiger charge is 2.34. The predicted molar refractivity (Wildman–Crippen MR) is 140 cm³/mol. The van der Waals surface area contributed by atoms with Crippen LogP contribution >= 0.6 is 0 Å². The van der Waals surface area contributed by atoms with E-state index in [1.165, 1.54) is 15.5 Å². The van der Waals surface area contributed by atoms with Gasteiger partial charge in [0.25, 0.3) is 11.5 Å². The summed E-state index contributed by atoms with van der Waals surface area (Å²) >= 11 is 0. The van der Waals surface area contributed by atoms with Gasteiger partial charge in [0, 0.05) is 51.4 Å². The second-order valence-electron chi connectivity index (χ2n) is 9.72. The van der Waals surface area contributed by atoms with Crippen molar-refractivity contribution in [2.24, 2.45) is 0 Å². The van der Waals surface area contributed by atoms with Gasteiger partial charge in [-0.2, -0.15) is 0 Å². The first kappa shape index (κ1) is 25.4. The number of likely N-dealkylation sites (tertiary alicyclic amines) is 1. The van der Waals surface area contributed by atoms with Gasteiger partial charge in [-0.3, -0.25) is 14.4 Å². The van der Waals surface area contributed by atoms with Crippen LogP contribution in [0, 0.1) is 0 Å². The number of benzene rings is 2. The van der Waals surface area contributed by atoms with Crippen LogP contribution in [0.5, 0.6) is 0 Å². The van der Waals surface area contributed by atoms with Crippen molar-refractivity contribution in [2.45, 2.75) is 37.8 Å². The van der Waals surface area contributed by atoms with Crippen LogP contribution in [-0.4, -0.2) is 64.1 Å². The molecule has 0 unspecified atom stereocenters. The molecule has 0 radical (unpaired) electrons. The number of carbonyl (C=O) groups excluding carboxylic acids is 2. The first-order valence-corrected chi connectivity index (χ1v) is 12.3. The Morgan fingerprint density at radius 3 is 2.19 bits per heavy atom. The van der Waals surface area contributed by atoms with Crippen molar-refractivity contribution in [1.29, 1.82) is 0 Å². The molecule has 1 N–H and O–H groups in total. The number of hydrogen-bond acceptors (Lipinski definition) is 4. The number of pyridine rings is 1. The van der Waals surface area contributed by atoms with Crippen LogP contribution in [0.15, 0.2) is 77.7 Å². The van der Waals surface area contributed by atoms with Crippen molar-refractivity contribution in [2.75, 3.05) is 27.2 Å². The van der Waals surface area contributed by atoms with Crippen LogP contribution < -0.4 is 5.56 Å². The third-order valence-electron chi connectivity index (χ3n) is 6.83. The normalized spacial score (nSPS) is 14.9. The Hall–Kier alpha value is -3.71. The third-order valence-corrected chi connectivity index (χ3v) is 6.83. The number of rotatable bonds is 7. The fraction of sp³-hybridized carbons (Fsp3) is 0.345. The lowest BCUT2D eigenvalue weighted by Crippen LogP contribution is -2.49. The molecule has 7 nitrogen and oxygen atoms in total. The van der Waals surface area contributed by atoms with E-state index >= 15 is 0 Å². The summed E-state index contributed by atoms with van der Waals surface area (Å²) in [4.78, 5) is 42.0. The monoisotopic (exact) mass is 487 g/mol. The van der Waals surface area contributed by atoms with Crippen LogP contribution in [-0.2, 0) is 17.8 Å². The maximum atomic E-state index is 13.0. The molecule has 0 bridgehead atoms. The van der Waals surface area contributed by atoms with E-state index in [1.54, 1.807) is 25.2 Å². The summed E-state index contributed by atoms with van der Waals surface area (Å²) < 4.78 is 1.43. The zero-order valence-corrected chi connectivity index (χ0v) is 20.9. The molecule has 188 valence electrons. The molecule has 2 amide bonds. The molecule has 0 spiro atoms. The minimum Gasteiger partial charge on any atom is -0.388 e. The van der Waals surface area contributed by atoms with Crippen LogP contribution in [0.3, 0.4) is 0 Å². The Kier molecular flexibility index (Phi) is 7.70. The van der Waals surface area contributed by atoms with Gasteiger partial charge in [-0.25, -0.2) is 0 Å². The second-order valence-corrected chi connectivity index (χ2v) is 9.72. The highest BCUT2D eigenvalue weighted by atomic mass is 16.3. The van der Waals surface area contributed by atoms with Gasteiger partial charge in [0.15, 0.2) is 0 Å². The Labute approximate surface area is 211 Å². The summed E-state index contributed by atoms with van der Waals surface area (Å²) in [6.07, 6.45) is 3.41. The average molecular weight is 488 g/mol. The van der Waals surface area contributed by atoms with Crippen molar-refractivity contribution in [3.63, 3.8) is 0 Å². The second kappa shape index (κ2) is 10.9. The molecule has 1 aliphatic heterocycles. The van der Waals surface area contributed by atoms with Crippen molar-refractivity contribution in [1.82, 2.24) is 14.4 Å². The van der Waals surface area contributed by atoms with E-state index in [-0.39, 0.29) is 23.9 Å². The van der Waals surface area contributed by atoms with E-state index in [2.05, 4.69) is 0 Å². The van der Waals surface area contributed by atoms with Gasteiger partial charge in [-0.15, -0.1) is 0 Å². The Morgan fingerprint density at radius 1 is 0.972 bits per heavy atom. The summed E-state index contributed by atoms with van der Waals surface area (Å²) in [6, 6.07) is 20.7. The molecule has 7 heteroatoms. The van der Waals surface area contributed by atoms with E-state index in [4.69, 9.17) is 0 Å². The number of hydrogen-bond donors (Lipinski definition) is 1. The molecule has 3 aromatic rings. The maximum Gasteiger partial charge on any atom is 0.255 e. The lowest BCUT2D eigenvalue weighted by molar-refractivity contribution is -0.135. The Morgan fingerprint density at radius 2 is 1.58 bits per heavy atom. The van der Waals surface area contributed by atoms with Crippen LogP contribution in [0.2, 0.25) is 0 Å². The number of nitrogens with zero attached hydrogens (tertiary/aromatic N) is 3. The molecule has 4 rings (SSSR count). The minimum absolute atomic E-state index is 0.0701. The summed E-state index contributed by atoms with van der Waals surface area (Å²) in [5.41, 5.74) is 1.48. The highest BCUT2D eigenvalue weighted by molar-refractivity contribution is 6.00. The first-order valence-electron chi connectivity index (χ1n) is 12.3. The lowest BCUT2D eigenvalue weighted by atomic mass is 9.90. The standard InChI is InChI=1S/C29H33N3O4/c1-30(2)28(35)25-20-32(27(34)19-24(25)23-11-7-4-8-12-23)21-29(36)15-17-31(18-16-29)26(33)14-13-22-9-5-3-6-10-22/h3-12,19-20,36H,13-18,21H2,1-2H3. The maximum absolute atomic E-state index is 13.0. The highest BCUT2D eigenvalue weighted by Crippen LogP contribution is 2.27. The number of piperidine rings is 1. The molecule has 0 aliphatic carbocycles. The van der Waals surface area contributed by atoms with Gasteiger partial charge in [0.05, 0.1) is 17.7 Å². The van der Waals surface area contributed by atoms with Crippen molar-refractivity contribution >= 4 is 11.8 Å². The van der Waals surface area contributed by atoms with Gasteiger partial charge in [0.2, 0.25) is 5.91 Å². The lowest BCUT2D eigenvalue weighted by Gasteiger charge is -2.38. The number of aromatic nitrogens is 1. The largest absolute Gasteiger partial charge is 0.388 e. The van der Waals surface area contributed by atoms with E-state index in [9.17, 15) is 19.5 Å². The summed E-state index contributed by atoms with van der Waals surface area (Å²) in [6.45, 7) is 0.940. The minimum atomic E-state index is -1.13. The summed E-state index contributed by atoms with van der Waals surface area (Å²) in [7, 11) is 3.34. The van der Waals surface area contributed by atoms with Crippen molar-refractivity contribution in [3.8, 4) is 11.1 Å². The molecule has 36 heavy (non-hydrogen) atoms. The van der Waals surface area contributed by atoms with Gasteiger partial charge in [0.1, 0.15) is 0 Å². The van der Waals surface area contributed by atoms with Crippen LogP contribution in [0.25, 0.3) is 11.1 Å². The van der Waals surface area contributed by atoms with Crippen LogP contribution in [0.1, 0.15) is 35.2 Å². The molecule has 2 heterocycles. The van der Waals surface area contributed by atoms with Gasteiger partial charge in [-0.05, 0) is 30.4 Å². The SMILES string of the molecule is CN(C)C(=O)c1cn(CC2(O)CCN(C(=O)CCc3ccccc3)CC2)c(=O)cc1-c1ccccc1. The zero-order valence-electron chi connectivity index (χ0n) is 20.9. The molecule has 1 saturated heterocycles. The number of amides is 2. The van der Waals surface area contributed by atoms with E-state index < -0.39 is 5.60 Å². The molecule has 1 aromatic heterocycles. The van der Waals surface area contributed by atoms with E-state index in [1.807, 2.05) is 60.7 Å². The predicted octanol–water partition coefficient (Wildman–Crippen LogP) is 3.20. The van der Waals surface area contributed by atoms with Crippen molar-refractivity contribution < 1.29 is 14.7 Å². The fourth-order valence-electron chi connectivity index (χ4n) is 4.67. The molecular formula is C29H33N3O4. The summed E-state index contributed by atoms with van der Waals surface area (Å²) in [5.74, 6) is -0.141. The third kappa shape index (κ3) is 5.91. The molecule has 0 saturated carbocycles. The average Bonchev–Trinajstić information content (AvgIpc) is 2.89. The molecule has 2 aromatic carbocycles. The van der Waals surface area contributed by atoms with E-state index in [0.717, 1.165) is 11.1 Å². The number of carbonyl (C=O) groups is 2.